The lowest BCUT2D eigenvalue weighted by molar-refractivity contribution is -0.115. The number of aryl methyl sites for hydroxylation is 1. The highest BCUT2D eigenvalue weighted by molar-refractivity contribution is 9.10. The van der Waals surface area contributed by atoms with E-state index in [4.69, 9.17) is 0 Å². The number of hydrogen-bond donors (Lipinski definition) is 1. The summed E-state index contributed by atoms with van der Waals surface area (Å²) in [6.07, 6.45) is 4.26. The lowest BCUT2D eigenvalue weighted by Gasteiger charge is -2.48. The van der Waals surface area contributed by atoms with Crippen molar-refractivity contribution < 1.29 is 4.79 Å². The summed E-state index contributed by atoms with van der Waals surface area (Å²) in [5, 5.41) is 3.51. The summed E-state index contributed by atoms with van der Waals surface area (Å²) in [6.45, 7) is 12.4. The van der Waals surface area contributed by atoms with E-state index in [0.29, 0.717) is 16.0 Å². The zero-order valence-electron chi connectivity index (χ0n) is 19.3. The van der Waals surface area contributed by atoms with Gasteiger partial charge in [-0.3, -0.25) is 4.79 Å². The second kappa shape index (κ2) is 9.06. The SMILES string of the molecule is CCCN1c2cc(C)c(/C=C3/SC(=Nc4ccc(Br)cc4)NC3=O)cc2C(C)CC1(C)C. The number of amidine groups is 1. The molecule has 1 N–H and O–H groups in total. The van der Waals surface area contributed by atoms with Gasteiger partial charge in [-0.25, -0.2) is 4.99 Å². The van der Waals surface area contributed by atoms with Crippen LogP contribution in [0.4, 0.5) is 11.4 Å². The number of anilines is 1. The summed E-state index contributed by atoms with van der Waals surface area (Å²) in [5.74, 6) is 0.384. The number of hydrogen-bond acceptors (Lipinski definition) is 4. The Morgan fingerprint density at radius 2 is 2.00 bits per heavy atom. The van der Waals surface area contributed by atoms with Crippen molar-refractivity contribution in [3.63, 3.8) is 0 Å². The molecule has 1 saturated heterocycles. The normalized spacial score (nSPS) is 22.4. The minimum atomic E-state index is -0.0928. The molecule has 4 rings (SSSR count). The fraction of sp³-hybridized carbons (Fsp3) is 0.385. The third-order valence-corrected chi connectivity index (χ3v) is 7.65. The highest BCUT2D eigenvalue weighted by Gasteiger charge is 2.36. The topological polar surface area (TPSA) is 44.7 Å². The molecule has 1 amide bonds. The molecule has 32 heavy (non-hydrogen) atoms. The molecule has 0 radical (unpaired) electrons. The average Bonchev–Trinajstić information content (AvgIpc) is 3.06. The van der Waals surface area contributed by atoms with E-state index in [1.807, 2.05) is 30.3 Å². The number of amides is 1. The van der Waals surface area contributed by atoms with Crippen molar-refractivity contribution in [1.82, 2.24) is 5.32 Å². The van der Waals surface area contributed by atoms with Crippen LogP contribution in [-0.2, 0) is 4.79 Å². The average molecular weight is 513 g/mol. The maximum atomic E-state index is 12.6. The van der Waals surface area contributed by atoms with Gasteiger partial charge >= 0.3 is 0 Å². The van der Waals surface area contributed by atoms with Crippen molar-refractivity contribution in [2.75, 3.05) is 11.4 Å². The molecule has 1 atom stereocenters. The van der Waals surface area contributed by atoms with Gasteiger partial charge in [-0.2, -0.15) is 0 Å². The number of halogens is 1. The summed E-state index contributed by atoms with van der Waals surface area (Å²) in [5.41, 5.74) is 5.98. The molecule has 1 unspecified atom stereocenters. The van der Waals surface area contributed by atoms with E-state index in [-0.39, 0.29) is 11.4 Å². The van der Waals surface area contributed by atoms with E-state index >= 15 is 0 Å². The monoisotopic (exact) mass is 511 g/mol. The van der Waals surface area contributed by atoms with Gasteiger partial charge in [-0.05, 0) is 110 Å². The number of aliphatic imine (C=N–C) groups is 1. The number of fused-ring (bicyclic) bond motifs is 1. The van der Waals surface area contributed by atoms with Crippen LogP contribution in [0.1, 0.15) is 63.1 Å². The van der Waals surface area contributed by atoms with Crippen LogP contribution in [0, 0.1) is 6.92 Å². The Balaban J connectivity index is 1.65. The number of carbonyl (C=O) groups is 1. The first-order valence-electron chi connectivity index (χ1n) is 11.2. The molecular formula is C26H30BrN3OS. The first-order chi connectivity index (χ1) is 15.2. The second-order valence-corrected chi connectivity index (χ2v) is 11.2. The molecule has 168 valence electrons. The van der Waals surface area contributed by atoms with Crippen LogP contribution >= 0.6 is 27.7 Å². The predicted molar refractivity (Wildman–Crippen MR) is 141 cm³/mol. The Morgan fingerprint density at radius 1 is 1.28 bits per heavy atom. The second-order valence-electron chi connectivity index (χ2n) is 9.30. The van der Waals surface area contributed by atoms with Crippen molar-refractivity contribution in [2.24, 2.45) is 4.99 Å². The maximum absolute atomic E-state index is 12.6. The first kappa shape index (κ1) is 23.1. The Bertz CT molecular complexity index is 1100. The van der Waals surface area contributed by atoms with E-state index in [2.05, 4.69) is 77.9 Å². The van der Waals surface area contributed by atoms with E-state index in [0.717, 1.165) is 35.1 Å². The van der Waals surface area contributed by atoms with Crippen LogP contribution in [0.5, 0.6) is 0 Å². The summed E-state index contributed by atoms with van der Waals surface area (Å²) in [7, 11) is 0. The summed E-state index contributed by atoms with van der Waals surface area (Å²) in [6, 6.07) is 12.3. The standard InChI is InChI=1S/C26H30BrN3OS/c1-6-11-30-22-12-16(2)18(13-21(22)17(3)15-26(30,4)5)14-23-24(31)29-25(32-23)28-20-9-7-19(27)8-10-20/h7-10,12-14,17H,6,11,15H2,1-5H3,(H,28,29,31)/b23-14+. The fourth-order valence-corrected chi connectivity index (χ4v) is 5.80. The third-order valence-electron chi connectivity index (χ3n) is 6.22. The lowest BCUT2D eigenvalue weighted by Crippen LogP contribution is -2.48. The molecule has 0 bridgehead atoms. The molecule has 0 saturated carbocycles. The van der Waals surface area contributed by atoms with E-state index in [9.17, 15) is 4.79 Å². The molecular weight excluding hydrogens is 482 g/mol. The van der Waals surface area contributed by atoms with Crippen molar-refractivity contribution in [3.8, 4) is 0 Å². The molecule has 1 fully saturated rings. The molecule has 4 nitrogen and oxygen atoms in total. The Morgan fingerprint density at radius 3 is 2.69 bits per heavy atom. The number of benzene rings is 2. The highest BCUT2D eigenvalue weighted by Crippen LogP contribution is 2.45. The van der Waals surface area contributed by atoms with Crippen molar-refractivity contribution >= 4 is 56.2 Å². The summed E-state index contributed by atoms with van der Waals surface area (Å²) < 4.78 is 1.00. The van der Waals surface area contributed by atoms with Crippen LogP contribution in [0.15, 0.2) is 50.8 Å². The van der Waals surface area contributed by atoms with Crippen molar-refractivity contribution in [2.45, 2.75) is 58.9 Å². The molecule has 2 aliphatic heterocycles. The van der Waals surface area contributed by atoms with Gasteiger partial charge in [0.2, 0.25) is 0 Å². The lowest BCUT2D eigenvalue weighted by atomic mass is 9.79. The minimum Gasteiger partial charge on any atom is -0.366 e. The van der Waals surface area contributed by atoms with Gasteiger partial charge < -0.3 is 10.2 Å². The molecule has 6 heteroatoms. The molecule has 0 aliphatic carbocycles. The zero-order chi connectivity index (χ0) is 23.0. The van der Waals surface area contributed by atoms with Crippen LogP contribution in [0.25, 0.3) is 6.08 Å². The number of carbonyl (C=O) groups excluding carboxylic acids is 1. The van der Waals surface area contributed by atoms with Gasteiger partial charge in [-0.1, -0.05) is 29.8 Å². The van der Waals surface area contributed by atoms with E-state index < -0.39 is 0 Å². The van der Waals surface area contributed by atoms with Gasteiger partial charge in [0.1, 0.15) is 0 Å². The third kappa shape index (κ3) is 4.67. The molecule has 2 heterocycles. The maximum Gasteiger partial charge on any atom is 0.264 e. The van der Waals surface area contributed by atoms with Crippen molar-refractivity contribution in [1.29, 1.82) is 0 Å². The van der Waals surface area contributed by atoms with Crippen LogP contribution < -0.4 is 10.2 Å². The summed E-state index contributed by atoms with van der Waals surface area (Å²) >= 11 is 4.83. The van der Waals surface area contributed by atoms with Crippen LogP contribution in [0.2, 0.25) is 0 Å². The van der Waals surface area contributed by atoms with Crippen molar-refractivity contribution in [3.05, 3.63) is 62.5 Å². The zero-order valence-corrected chi connectivity index (χ0v) is 21.7. The van der Waals surface area contributed by atoms with Crippen LogP contribution in [0.3, 0.4) is 0 Å². The minimum absolute atomic E-state index is 0.0928. The van der Waals surface area contributed by atoms with Gasteiger partial charge in [0.05, 0.1) is 10.6 Å². The predicted octanol–water partition coefficient (Wildman–Crippen LogP) is 7.15. The first-order valence-corrected chi connectivity index (χ1v) is 12.8. The van der Waals surface area contributed by atoms with E-state index in [1.165, 1.54) is 28.6 Å². The van der Waals surface area contributed by atoms with Crippen LogP contribution in [-0.4, -0.2) is 23.2 Å². The largest absolute Gasteiger partial charge is 0.366 e. The highest BCUT2D eigenvalue weighted by atomic mass is 79.9. The smallest absolute Gasteiger partial charge is 0.264 e. The van der Waals surface area contributed by atoms with Gasteiger partial charge in [0, 0.05) is 22.2 Å². The van der Waals surface area contributed by atoms with E-state index in [1.54, 1.807) is 0 Å². The number of nitrogens with one attached hydrogen (secondary N) is 1. The Kier molecular flexibility index (Phi) is 6.55. The Hall–Kier alpha value is -2.05. The van der Waals surface area contributed by atoms with Gasteiger partial charge in [0.15, 0.2) is 5.17 Å². The molecule has 0 aromatic heterocycles. The van der Waals surface area contributed by atoms with Gasteiger partial charge in [0.25, 0.3) is 5.91 Å². The summed E-state index contributed by atoms with van der Waals surface area (Å²) in [4.78, 5) is 20.4. The quantitative estimate of drug-likeness (QED) is 0.443. The molecule has 2 aromatic rings. The molecule has 0 spiro atoms. The molecule has 2 aliphatic rings. The fourth-order valence-electron chi connectivity index (χ4n) is 4.71. The molecule has 2 aromatic carbocycles. The number of nitrogens with zero attached hydrogens (tertiary/aromatic N) is 2. The Labute approximate surface area is 203 Å². The number of rotatable bonds is 4. The number of thioether (sulfide) groups is 1. The van der Waals surface area contributed by atoms with Gasteiger partial charge in [-0.15, -0.1) is 0 Å².